The van der Waals surface area contributed by atoms with Gasteiger partial charge in [0.2, 0.25) is 11.7 Å². The molecule has 9 nitrogen and oxygen atoms in total. The molecular weight excluding hydrogens is 408 g/mol. The molecule has 5 rings (SSSR count). The van der Waals surface area contributed by atoms with E-state index in [4.69, 9.17) is 9.26 Å². The van der Waals surface area contributed by atoms with Gasteiger partial charge in [-0.1, -0.05) is 41.1 Å². The Morgan fingerprint density at radius 2 is 2.06 bits per heavy atom. The van der Waals surface area contributed by atoms with Crippen LogP contribution in [-0.4, -0.2) is 45.1 Å². The quantitative estimate of drug-likeness (QED) is 0.639. The highest BCUT2D eigenvalue weighted by Crippen LogP contribution is 2.31. The number of hydrazine groups is 1. The predicted octanol–water partition coefficient (Wildman–Crippen LogP) is 3.05. The summed E-state index contributed by atoms with van der Waals surface area (Å²) in [5.74, 6) is 1.57. The zero-order valence-electron chi connectivity index (χ0n) is 17.9. The van der Waals surface area contributed by atoms with Crippen molar-refractivity contribution in [2.45, 2.75) is 38.9 Å². The fraction of sp³-hybridized carbons (Fsp3) is 0.304. The van der Waals surface area contributed by atoms with Gasteiger partial charge in [-0.3, -0.25) is 9.80 Å². The number of aromatic nitrogens is 2. The van der Waals surface area contributed by atoms with E-state index in [2.05, 4.69) is 20.7 Å². The standard InChI is InChI=1S/C23H24N6O3/c1-3-31-18-9-7-16(8-10-18)19-12-20-23(30)28(24-14-29(20)26-19)13-21-25-22(27-32-21)17-6-4-5-15(2)11-17/h4-11,14,19-20,26H,3,12-13H2,1-2H3. The van der Waals surface area contributed by atoms with Crippen molar-refractivity contribution >= 4 is 12.2 Å². The minimum absolute atomic E-state index is 0.0161. The highest BCUT2D eigenvalue weighted by Gasteiger charge is 2.41. The first-order valence-corrected chi connectivity index (χ1v) is 10.6. The number of nitrogens with zero attached hydrogens (tertiary/aromatic N) is 5. The number of hydrogen-bond donors (Lipinski definition) is 1. The average Bonchev–Trinajstić information content (AvgIpc) is 3.44. The lowest BCUT2D eigenvalue weighted by Crippen LogP contribution is -2.50. The van der Waals surface area contributed by atoms with Crippen LogP contribution in [0.4, 0.5) is 0 Å². The molecule has 0 bridgehead atoms. The maximum absolute atomic E-state index is 13.1. The Bertz CT molecular complexity index is 1140. The molecule has 2 aromatic carbocycles. The lowest BCUT2D eigenvalue weighted by molar-refractivity contribution is -0.137. The highest BCUT2D eigenvalue weighted by molar-refractivity contribution is 5.87. The number of benzene rings is 2. The molecule has 32 heavy (non-hydrogen) atoms. The van der Waals surface area contributed by atoms with Gasteiger partial charge in [0.1, 0.15) is 24.7 Å². The van der Waals surface area contributed by atoms with E-state index in [9.17, 15) is 4.79 Å². The van der Waals surface area contributed by atoms with Gasteiger partial charge in [-0.05, 0) is 44.0 Å². The number of fused-ring (bicyclic) bond motifs is 1. The fourth-order valence-corrected chi connectivity index (χ4v) is 3.98. The van der Waals surface area contributed by atoms with Gasteiger partial charge in [0.05, 0.1) is 12.6 Å². The molecule has 1 aromatic heterocycles. The summed E-state index contributed by atoms with van der Waals surface area (Å²) in [6.45, 7) is 4.73. The molecule has 1 fully saturated rings. The van der Waals surface area contributed by atoms with Crippen molar-refractivity contribution in [3.05, 3.63) is 65.5 Å². The number of nitrogens with one attached hydrogen (secondary N) is 1. The predicted molar refractivity (Wildman–Crippen MR) is 117 cm³/mol. The van der Waals surface area contributed by atoms with Gasteiger partial charge < -0.3 is 9.26 Å². The molecule has 9 heteroatoms. The van der Waals surface area contributed by atoms with E-state index in [0.717, 1.165) is 22.4 Å². The van der Waals surface area contributed by atoms with Gasteiger partial charge >= 0.3 is 0 Å². The van der Waals surface area contributed by atoms with Crippen LogP contribution in [0.15, 0.2) is 58.2 Å². The molecule has 2 aliphatic rings. The summed E-state index contributed by atoms with van der Waals surface area (Å²) in [5.41, 5.74) is 6.43. The Hall–Kier alpha value is -3.72. The van der Waals surface area contributed by atoms with Gasteiger partial charge in [0, 0.05) is 5.56 Å². The summed E-state index contributed by atoms with van der Waals surface area (Å²) < 4.78 is 10.9. The van der Waals surface area contributed by atoms with Crippen LogP contribution < -0.4 is 10.2 Å². The van der Waals surface area contributed by atoms with E-state index in [1.807, 2.05) is 62.4 Å². The van der Waals surface area contributed by atoms with Crippen LogP contribution >= 0.6 is 0 Å². The van der Waals surface area contributed by atoms with Crippen molar-refractivity contribution in [2.75, 3.05) is 6.61 Å². The summed E-state index contributed by atoms with van der Waals surface area (Å²) in [6.07, 6.45) is 2.27. The SMILES string of the molecule is CCOc1ccc(C2CC3C(=O)N(Cc4nc(-c5cccc(C)c5)no4)N=CN3N2)cc1. The molecule has 0 aliphatic carbocycles. The molecular formula is C23H24N6O3. The van der Waals surface area contributed by atoms with Crippen molar-refractivity contribution in [1.82, 2.24) is 25.6 Å². The lowest BCUT2D eigenvalue weighted by atomic mass is 10.0. The van der Waals surface area contributed by atoms with E-state index in [0.29, 0.717) is 24.7 Å². The summed E-state index contributed by atoms with van der Waals surface area (Å²) in [4.78, 5) is 17.5. The zero-order chi connectivity index (χ0) is 22.1. The molecule has 164 valence electrons. The van der Waals surface area contributed by atoms with Crippen molar-refractivity contribution in [2.24, 2.45) is 5.10 Å². The first-order valence-electron chi connectivity index (χ1n) is 10.6. The number of carbonyl (C=O) groups excluding carboxylic acids is 1. The molecule has 1 saturated heterocycles. The molecule has 3 heterocycles. The average molecular weight is 432 g/mol. The smallest absolute Gasteiger partial charge is 0.267 e. The molecule has 2 unspecified atom stereocenters. The molecule has 1 N–H and O–H groups in total. The number of amides is 1. The van der Waals surface area contributed by atoms with Gasteiger partial charge in [0.15, 0.2) is 0 Å². The highest BCUT2D eigenvalue weighted by atomic mass is 16.5. The van der Waals surface area contributed by atoms with Crippen molar-refractivity contribution in [3.63, 3.8) is 0 Å². The number of hydrazone groups is 1. The monoisotopic (exact) mass is 432 g/mol. The number of carbonyl (C=O) groups is 1. The van der Waals surface area contributed by atoms with Crippen LogP contribution in [0, 0.1) is 6.92 Å². The second kappa shape index (κ2) is 8.43. The van der Waals surface area contributed by atoms with Gasteiger partial charge in [-0.2, -0.15) is 10.1 Å². The van der Waals surface area contributed by atoms with Crippen molar-refractivity contribution in [3.8, 4) is 17.1 Å². The van der Waals surface area contributed by atoms with E-state index in [-0.39, 0.29) is 24.5 Å². The Labute approximate surface area is 185 Å². The molecule has 3 aromatic rings. The van der Waals surface area contributed by atoms with Crippen LogP contribution in [0.3, 0.4) is 0 Å². The summed E-state index contributed by atoms with van der Waals surface area (Å²) in [6, 6.07) is 15.5. The molecule has 1 amide bonds. The number of ether oxygens (including phenoxy) is 1. The van der Waals surface area contributed by atoms with Crippen molar-refractivity contribution < 1.29 is 14.1 Å². The summed E-state index contributed by atoms with van der Waals surface area (Å²) in [7, 11) is 0. The van der Waals surface area contributed by atoms with E-state index in [1.54, 1.807) is 11.3 Å². The van der Waals surface area contributed by atoms with E-state index >= 15 is 0 Å². The summed E-state index contributed by atoms with van der Waals surface area (Å²) >= 11 is 0. The second-order valence-corrected chi connectivity index (χ2v) is 7.85. The summed E-state index contributed by atoms with van der Waals surface area (Å²) in [5, 5.41) is 11.5. The molecule has 2 aliphatic heterocycles. The Kier molecular flexibility index (Phi) is 5.32. The molecule has 0 saturated carbocycles. The normalized spacial score (nSPS) is 20.0. The first kappa shape index (κ1) is 20.2. The topological polar surface area (TPSA) is 96.1 Å². The van der Waals surface area contributed by atoms with Crippen LogP contribution in [0.25, 0.3) is 11.4 Å². The fourth-order valence-electron chi connectivity index (χ4n) is 3.98. The Balaban J connectivity index is 1.25. The first-order chi connectivity index (χ1) is 15.6. The number of rotatable bonds is 6. The zero-order valence-corrected chi connectivity index (χ0v) is 17.9. The number of hydrogen-bond acceptors (Lipinski definition) is 8. The molecule has 2 atom stereocenters. The van der Waals surface area contributed by atoms with Gasteiger partial charge in [0.25, 0.3) is 5.91 Å². The van der Waals surface area contributed by atoms with Crippen LogP contribution in [0.5, 0.6) is 5.75 Å². The number of aryl methyl sites for hydroxylation is 1. The largest absolute Gasteiger partial charge is 0.494 e. The maximum Gasteiger partial charge on any atom is 0.267 e. The Morgan fingerprint density at radius 1 is 1.22 bits per heavy atom. The van der Waals surface area contributed by atoms with Crippen LogP contribution in [0.2, 0.25) is 0 Å². The third-order valence-electron chi connectivity index (χ3n) is 5.58. The molecule has 0 spiro atoms. The van der Waals surface area contributed by atoms with Crippen LogP contribution in [-0.2, 0) is 11.3 Å². The minimum atomic E-state index is -0.344. The minimum Gasteiger partial charge on any atom is -0.494 e. The lowest BCUT2D eigenvalue weighted by Gasteiger charge is -2.29. The van der Waals surface area contributed by atoms with Gasteiger partial charge in [-0.25, -0.2) is 10.4 Å². The maximum atomic E-state index is 13.1. The van der Waals surface area contributed by atoms with E-state index < -0.39 is 0 Å². The third kappa shape index (κ3) is 3.94. The third-order valence-corrected chi connectivity index (χ3v) is 5.58. The van der Waals surface area contributed by atoms with Gasteiger partial charge in [-0.15, -0.1) is 0 Å². The van der Waals surface area contributed by atoms with E-state index in [1.165, 1.54) is 5.01 Å². The van der Waals surface area contributed by atoms with Crippen molar-refractivity contribution in [1.29, 1.82) is 0 Å². The second-order valence-electron chi connectivity index (χ2n) is 7.85. The Morgan fingerprint density at radius 3 is 2.84 bits per heavy atom. The van der Waals surface area contributed by atoms with Crippen LogP contribution in [0.1, 0.15) is 36.4 Å². The molecule has 0 radical (unpaired) electrons.